The van der Waals surface area contributed by atoms with Crippen molar-refractivity contribution in [1.29, 1.82) is 0 Å². The summed E-state index contributed by atoms with van der Waals surface area (Å²) in [6.45, 7) is 7.74. The fourth-order valence-electron chi connectivity index (χ4n) is 3.06. The van der Waals surface area contributed by atoms with E-state index in [1.54, 1.807) is 0 Å². The summed E-state index contributed by atoms with van der Waals surface area (Å²) in [4.78, 5) is 0. The smallest absolute Gasteiger partial charge is 0.130 e. The zero-order valence-corrected chi connectivity index (χ0v) is 13.4. The van der Waals surface area contributed by atoms with Gasteiger partial charge in [0.25, 0.3) is 0 Å². The topological polar surface area (TPSA) is 43.6 Å². The van der Waals surface area contributed by atoms with E-state index in [0.717, 1.165) is 36.9 Å². The van der Waals surface area contributed by atoms with Gasteiger partial charge in [0.2, 0.25) is 0 Å². The van der Waals surface area contributed by atoms with Gasteiger partial charge in [-0.2, -0.15) is 0 Å². The monoisotopic (exact) mass is 293 g/mol. The Labute approximate surface area is 127 Å². The molecule has 1 aliphatic heterocycles. The third-order valence-electron chi connectivity index (χ3n) is 4.35. The average Bonchev–Trinajstić information content (AvgIpc) is 3.17. The van der Waals surface area contributed by atoms with Gasteiger partial charge in [0.15, 0.2) is 0 Å². The highest BCUT2D eigenvalue weighted by Gasteiger charge is 2.25. The van der Waals surface area contributed by atoms with Gasteiger partial charge in [-0.1, -0.05) is 0 Å². The second-order valence-corrected chi connectivity index (χ2v) is 6.61. The summed E-state index contributed by atoms with van der Waals surface area (Å²) in [5.74, 6) is 1.95. The molecule has 1 saturated carbocycles. The van der Waals surface area contributed by atoms with Crippen LogP contribution in [0.5, 0.6) is 0 Å². The highest BCUT2D eigenvalue weighted by atomic mass is 16.5. The Morgan fingerprint density at radius 1 is 1.24 bits per heavy atom. The van der Waals surface area contributed by atoms with Crippen molar-refractivity contribution >= 4 is 0 Å². The number of furan rings is 1. The van der Waals surface area contributed by atoms with E-state index >= 15 is 0 Å². The molecule has 2 heterocycles. The van der Waals surface area contributed by atoms with Crippen molar-refractivity contribution < 1.29 is 13.9 Å². The molecule has 0 spiro atoms. The quantitative estimate of drug-likeness (QED) is 0.874. The second kappa shape index (κ2) is 6.51. The van der Waals surface area contributed by atoms with Crippen LogP contribution in [-0.4, -0.2) is 24.4 Å². The fraction of sp³-hybridized carbons (Fsp3) is 0.765. The lowest BCUT2D eigenvalue weighted by atomic mass is 10.0. The molecule has 0 aromatic carbocycles. The maximum absolute atomic E-state index is 6.02. The summed E-state index contributed by atoms with van der Waals surface area (Å²) in [6.07, 6.45) is 5.42. The number of ether oxygens (including phenoxy) is 2. The van der Waals surface area contributed by atoms with Crippen molar-refractivity contribution in [2.75, 3.05) is 0 Å². The number of nitrogens with one attached hydrogen (secondary N) is 1. The molecular weight excluding hydrogens is 266 g/mol. The maximum atomic E-state index is 6.02. The molecule has 4 heteroatoms. The lowest BCUT2D eigenvalue weighted by Gasteiger charge is -2.31. The van der Waals surface area contributed by atoms with Crippen molar-refractivity contribution in [3.63, 3.8) is 0 Å². The molecule has 1 aliphatic carbocycles. The maximum Gasteiger partial charge on any atom is 0.130 e. The third-order valence-corrected chi connectivity index (χ3v) is 4.35. The molecule has 118 valence electrons. The van der Waals surface area contributed by atoms with Gasteiger partial charge in [0, 0.05) is 18.2 Å². The Morgan fingerprint density at radius 2 is 1.95 bits per heavy atom. The van der Waals surface area contributed by atoms with Crippen LogP contribution in [0, 0.1) is 6.92 Å². The fourth-order valence-corrected chi connectivity index (χ4v) is 3.06. The zero-order chi connectivity index (χ0) is 14.8. The number of hydrogen-bond donors (Lipinski definition) is 1. The highest BCUT2D eigenvalue weighted by molar-refractivity contribution is 5.20. The van der Waals surface area contributed by atoms with Gasteiger partial charge in [0.1, 0.15) is 18.1 Å². The van der Waals surface area contributed by atoms with Crippen molar-refractivity contribution in [2.24, 2.45) is 0 Å². The molecule has 1 aromatic heterocycles. The molecule has 2 atom stereocenters. The lowest BCUT2D eigenvalue weighted by molar-refractivity contribution is -0.108. The SMILES string of the molecule is Cc1oc(COC2CC(C)OC(C)C2)cc1CNC1CC1. The summed E-state index contributed by atoms with van der Waals surface area (Å²) in [5, 5.41) is 3.53. The molecule has 0 radical (unpaired) electrons. The number of rotatable bonds is 6. The predicted octanol–water partition coefficient (Wildman–Crippen LogP) is 3.31. The van der Waals surface area contributed by atoms with Crippen LogP contribution < -0.4 is 5.32 Å². The molecule has 2 unspecified atom stereocenters. The van der Waals surface area contributed by atoms with Crippen molar-refractivity contribution in [3.05, 3.63) is 23.2 Å². The first-order valence-electron chi connectivity index (χ1n) is 8.18. The van der Waals surface area contributed by atoms with Gasteiger partial charge >= 0.3 is 0 Å². The van der Waals surface area contributed by atoms with E-state index in [9.17, 15) is 0 Å². The summed E-state index contributed by atoms with van der Waals surface area (Å²) in [6, 6.07) is 2.86. The van der Waals surface area contributed by atoms with Crippen LogP contribution in [0.15, 0.2) is 10.5 Å². The summed E-state index contributed by atoms with van der Waals surface area (Å²) >= 11 is 0. The van der Waals surface area contributed by atoms with E-state index in [2.05, 4.69) is 25.2 Å². The highest BCUT2D eigenvalue weighted by Crippen LogP contribution is 2.24. The Hall–Kier alpha value is -0.840. The first-order chi connectivity index (χ1) is 10.1. The van der Waals surface area contributed by atoms with E-state index in [0.29, 0.717) is 6.61 Å². The summed E-state index contributed by atoms with van der Waals surface area (Å²) in [5.41, 5.74) is 1.26. The first kappa shape index (κ1) is 15.1. The van der Waals surface area contributed by atoms with Gasteiger partial charge in [-0.3, -0.25) is 0 Å². The molecule has 1 saturated heterocycles. The lowest BCUT2D eigenvalue weighted by Crippen LogP contribution is -2.33. The second-order valence-electron chi connectivity index (χ2n) is 6.61. The average molecular weight is 293 g/mol. The van der Waals surface area contributed by atoms with E-state index in [1.165, 1.54) is 18.4 Å². The largest absolute Gasteiger partial charge is 0.464 e. The van der Waals surface area contributed by atoms with E-state index in [1.807, 2.05) is 6.92 Å². The van der Waals surface area contributed by atoms with Crippen molar-refractivity contribution in [3.8, 4) is 0 Å². The number of aryl methyl sites for hydroxylation is 1. The minimum Gasteiger partial charge on any atom is -0.464 e. The minimum absolute atomic E-state index is 0.280. The molecule has 4 nitrogen and oxygen atoms in total. The van der Waals surface area contributed by atoms with Crippen LogP contribution in [0.4, 0.5) is 0 Å². The first-order valence-corrected chi connectivity index (χ1v) is 8.18. The van der Waals surface area contributed by atoms with Crippen LogP contribution >= 0.6 is 0 Å². The van der Waals surface area contributed by atoms with Gasteiger partial charge in [0.05, 0.1) is 18.3 Å². The molecule has 0 amide bonds. The van der Waals surface area contributed by atoms with Crippen LogP contribution in [0.2, 0.25) is 0 Å². The third kappa shape index (κ3) is 4.31. The predicted molar refractivity (Wildman–Crippen MR) is 81.1 cm³/mol. The van der Waals surface area contributed by atoms with Gasteiger partial charge < -0.3 is 19.2 Å². The zero-order valence-electron chi connectivity index (χ0n) is 13.4. The van der Waals surface area contributed by atoms with E-state index in [4.69, 9.17) is 13.9 Å². The Morgan fingerprint density at radius 3 is 2.62 bits per heavy atom. The van der Waals surface area contributed by atoms with Crippen LogP contribution in [0.25, 0.3) is 0 Å². The Balaban J connectivity index is 1.49. The van der Waals surface area contributed by atoms with Gasteiger partial charge in [-0.25, -0.2) is 0 Å². The van der Waals surface area contributed by atoms with E-state index in [-0.39, 0.29) is 18.3 Å². The van der Waals surface area contributed by atoms with Crippen LogP contribution in [-0.2, 0) is 22.6 Å². The summed E-state index contributed by atoms with van der Waals surface area (Å²) in [7, 11) is 0. The standard InChI is InChI=1S/C17H27NO3/c1-11-6-16(7-12(2)20-11)19-10-17-8-14(13(3)21-17)9-18-15-4-5-15/h8,11-12,15-16,18H,4-7,9-10H2,1-3H3. The summed E-state index contributed by atoms with van der Waals surface area (Å²) < 4.78 is 17.6. The van der Waals surface area contributed by atoms with Crippen molar-refractivity contribution in [1.82, 2.24) is 5.32 Å². The molecule has 3 rings (SSSR count). The Bertz CT molecular complexity index is 457. The molecule has 0 bridgehead atoms. The molecule has 1 N–H and O–H groups in total. The molecule has 1 aromatic rings. The normalized spacial score (nSPS) is 29.8. The van der Waals surface area contributed by atoms with Crippen molar-refractivity contribution in [2.45, 2.75) is 84.0 Å². The minimum atomic E-state index is 0.280. The molecule has 2 fully saturated rings. The Kier molecular flexibility index (Phi) is 4.67. The molecule has 2 aliphatic rings. The van der Waals surface area contributed by atoms with Gasteiger partial charge in [-0.05, 0) is 52.5 Å². The van der Waals surface area contributed by atoms with Crippen LogP contribution in [0.1, 0.15) is 56.6 Å². The number of hydrogen-bond acceptors (Lipinski definition) is 4. The van der Waals surface area contributed by atoms with Crippen LogP contribution in [0.3, 0.4) is 0 Å². The van der Waals surface area contributed by atoms with E-state index < -0.39 is 0 Å². The van der Waals surface area contributed by atoms with Gasteiger partial charge in [-0.15, -0.1) is 0 Å². The molecular formula is C17H27NO3. The molecule has 21 heavy (non-hydrogen) atoms.